The van der Waals surface area contributed by atoms with Gasteiger partial charge in [0, 0.05) is 11.5 Å². The van der Waals surface area contributed by atoms with E-state index in [-0.39, 0.29) is 11.2 Å². The molecule has 0 aliphatic carbocycles. The van der Waals surface area contributed by atoms with Crippen molar-refractivity contribution >= 4 is 11.6 Å². The van der Waals surface area contributed by atoms with Gasteiger partial charge in [-0.05, 0) is 12.1 Å². The van der Waals surface area contributed by atoms with Crippen LogP contribution in [0.15, 0.2) is 18.2 Å². The fraction of sp³-hybridized carbons (Fsp3) is 0.455. The molecule has 4 heteroatoms. The molecule has 1 saturated heterocycles. The molecule has 1 heterocycles. The summed E-state index contributed by atoms with van der Waals surface area (Å²) in [5.74, 6) is 0.744. The molecule has 1 fully saturated rings. The second-order valence-electron chi connectivity index (χ2n) is 4.21. The van der Waals surface area contributed by atoms with Crippen molar-refractivity contribution in [3.05, 3.63) is 23.2 Å². The molecule has 82 valence electrons. The number of benzene rings is 1. The maximum absolute atomic E-state index is 9.16. The lowest BCUT2D eigenvalue weighted by atomic mass is 9.90. The second-order valence-corrected chi connectivity index (χ2v) is 4.61. The molecule has 0 bridgehead atoms. The summed E-state index contributed by atoms with van der Waals surface area (Å²) >= 11 is 5.90. The van der Waals surface area contributed by atoms with Crippen LogP contribution in [0, 0.1) is 5.41 Å². The zero-order chi connectivity index (χ0) is 10.9. The zero-order valence-corrected chi connectivity index (χ0v) is 9.25. The standard InChI is InChI=1S/C11H13ClO3/c1-11(5-14-6-11)7-15-10-3-2-8(13)4-9(10)12/h2-4,13H,5-7H2,1H3. The first-order valence-corrected chi connectivity index (χ1v) is 5.16. The number of phenolic OH excluding ortho intramolecular Hbond substituents is 1. The molecule has 15 heavy (non-hydrogen) atoms. The zero-order valence-electron chi connectivity index (χ0n) is 8.50. The van der Waals surface area contributed by atoms with Crippen LogP contribution in [-0.2, 0) is 4.74 Å². The van der Waals surface area contributed by atoms with Crippen LogP contribution >= 0.6 is 11.6 Å². The minimum Gasteiger partial charge on any atom is -0.508 e. The van der Waals surface area contributed by atoms with Crippen molar-refractivity contribution < 1.29 is 14.6 Å². The molecular weight excluding hydrogens is 216 g/mol. The summed E-state index contributed by atoms with van der Waals surface area (Å²) in [6.45, 7) is 4.13. The quantitative estimate of drug-likeness (QED) is 0.864. The molecule has 0 amide bonds. The van der Waals surface area contributed by atoms with Gasteiger partial charge in [-0.2, -0.15) is 0 Å². The fourth-order valence-corrected chi connectivity index (χ4v) is 1.62. The Labute approximate surface area is 93.6 Å². The molecule has 0 unspecified atom stereocenters. The van der Waals surface area contributed by atoms with Crippen LogP contribution in [0.4, 0.5) is 0 Å². The van der Waals surface area contributed by atoms with Crippen LogP contribution in [-0.4, -0.2) is 24.9 Å². The third kappa shape index (κ3) is 2.36. The lowest BCUT2D eigenvalue weighted by Crippen LogP contribution is -2.44. The van der Waals surface area contributed by atoms with Crippen LogP contribution in [0.25, 0.3) is 0 Å². The topological polar surface area (TPSA) is 38.7 Å². The van der Waals surface area contributed by atoms with Gasteiger partial charge in [0.1, 0.15) is 11.5 Å². The third-order valence-electron chi connectivity index (χ3n) is 2.39. The van der Waals surface area contributed by atoms with Gasteiger partial charge in [0.15, 0.2) is 0 Å². The van der Waals surface area contributed by atoms with Crippen molar-refractivity contribution in [3.63, 3.8) is 0 Å². The van der Waals surface area contributed by atoms with Gasteiger partial charge in [-0.25, -0.2) is 0 Å². The highest BCUT2D eigenvalue weighted by atomic mass is 35.5. The van der Waals surface area contributed by atoms with Crippen molar-refractivity contribution in [3.8, 4) is 11.5 Å². The molecular formula is C11H13ClO3. The average molecular weight is 229 g/mol. The van der Waals surface area contributed by atoms with E-state index >= 15 is 0 Å². The van der Waals surface area contributed by atoms with Crippen molar-refractivity contribution in [1.82, 2.24) is 0 Å². The van der Waals surface area contributed by atoms with Gasteiger partial charge in [-0.15, -0.1) is 0 Å². The largest absolute Gasteiger partial charge is 0.508 e. The van der Waals surface area contributed by atoms with Crippen molar-refractivity contribution in [2.75, 3.05) is 19.8 Å². The van der Waals surface area contributed by atoms with Crippen LogP contribution in [0.5, 0.6) is 11.5 Å². The molecule has 0 spiro atoms. The Bertz CT molecular complexity index is 361. The van der Waals surface area contributed by atoms with Crippen molar-refractivity contribution in [2.24, 2.45) is 5.41 Å². The first-order chi connectivity index (χ1) is 7.09. The van der Waals surface area contributed by atoms with E-state index < -0.39 is 0 Å². The van der Waals surface area contributed by atoms with Gasteiger partial charge < -0.3 is 14.6 Å². The Kier molecular flexibility index (Phi) is 2.76. The number of ether oxygens (including phenoxy) is 2. The fourth-order valence-electron chi connectivity index (χ4n) is 1.39. The number of hydrogen-bond acceptors (Lipinski definition) is 3. The summed E-state index contributed by atoms with van der Waals surface area (Å²) in [7, 11) is 0. The van der Waals surface area contributed by atoms with E-state index in [4.69, 9.17) is 26.2 Å². The molecule has 1 aromatic rings. The van der Waals surface area contributed by atoms with Gasteiger partial charge in [-0.3, -0.25) is 0 Å². The SMILES string of the molecule is CC1(COc2ccc(O)cc2Cl)COC1. The predicted octanol–water partition coefficient (Wildman–Crippen LogP) is 2.46. The maximum atomic E-state index is 9.16. The molecule has 0 atom stereocenters. The van der Waals surface area contributed by atoms with Crippen LogP contribution in [0.1, 0.15) is 6.92 Å². The minimum absolute atomic E-state index is 0.0984. The van der Waals surface area contributed by atoms with E-state index in [1.807, 2.05) is 0 Å². The van der Waals surface area contributed by atoms with E-state index in [0.29, 0.717) is 17.4 Å². The summed E-state index contributed by atoms with van der Waals surface area (Å²) in [5.41, 5.74) is 0.0984. The number of hydrogen-bond donors (Lipinski definition) is 1. The van der Waals surface area contributed by atoms with Crippen molar-refractivity contribution in [2.45, 2.75) is 6.92 Å². The summed E-state index contributed by atoms with van der Waals surface area (Å²) in [5, 5.41) is 9.59. The first-order valence-electron chi connectivity index (χ1n) is 4.78. The molecule has 0 saturated carbocycles. The molecule has 0 radical (unpaired) electrons. The Hall–Kier alpha value is -0.930. The monoisotopic (exact) mass is 228 g/mol. The Morgan fingerprint density at radius 3 is 2.80 bits per heavy atom. The molecule has 1 N–H and O–H groups in total. The van der Waals surface area contributed by atoms with Crippen molar-refractivity contribution in [1.29, 1.82) is 0 Å². The van der Waals surface area contributed by atoms with Gasteiger partial charge in [0.05, 0.1) is 24.8 Å². The molecule has 1 aromatic carbocycles. The van der Waals surface area contributed by atoms with E-state index in [1.165, 1.54) is 6.07 Å². The Morgan fingerprint density at radius 1 is 1.53 bits per heavy atom. The highest BCUT2D eigenvalue weighted by Crippen LogP contribution is 2.32. The molecule has 2 rings (SSSR count). The predicted molar refractivity (Wildman–Crippen MR) is 57.5 cm³/mol. The van der Waals surface area contributed by atoms with E-state index in [9.17, 15) is 0 Å². The van der Waals surface area contributed by atoms with Gasteiger partial charge in [-0.1, -0.05) is 18.5 Å². The highest BCUT2D eigenvalue weighted by molar-refractivity contribution is 6.32. The average Bonchev–Trinajstić information content (AvgIpc) is 2.14. The van der Waals surface area contributed by atoms with E-state index in [0.717, 1.165) is 13.2 Å². The lowest BCUT2D eigenvalue weighted by Gasteiger charge is -2.37. The van der Waals surface area contributed by atoms with E-state index in [1.54, 1.807) is 12.1 Å². The summed E-state index contributed by atoms with van der Waals surface area (Å²) in [6.07, 6.45) is 0. The second kappa shape index (κ2) is 3.91. The highest BCUT2D eigenvalue weighted by Gasteiger charge is 2.34. The van der Waals surface area contributed by atoms with E-state index in [2.05, 4.69) is 6.92 Å². The molecule has 1 aliphatic heterocycles. The van der Waals surface area contributed by atoms with Crippen LogP contribution in [0.3, 0.4) is 0 Å². The van der Waals surface area contributed by atoms with Gasteiger partial charge >= 0.3 is 0 Å². The molecule has 3 nitrogen and oxygen atoms in total. The number of phenols is 1. The van der Waals surface area contributed by atoms with Gasteiger partial charge in [0.25, 0.3) is 0 Å². The minimum atomic E-state index is 0.0984. The number of halogens is 1. The van der Waals surface area contributed by atoms with Crippen LogP contribution < -0.4 is 4.74 Å². The summed E-state index contributed by atoms with van der Waals surface area (Å²) < 4.78 is 10.7. The maximum Gasteiger partial charge on any atom is 0.138 e. The normalized spacial score (nSPS) is 18.3. The Morgan fingerprint density at radius 2 is 2.27 bits per heavy atom. The molecule has 0 aromatic heterocycles. The number of rotatable bonds is 3. The molecule has 1 aliphatic rings. The third-order valence-corrected chi connectivity index (χ3v) is 2.69. The van der Waals surface area contributed by atoms with Crippen LogP contribution in [0.2, 0.25) is 5.02 Å². The van der Waals surface area contributed by atoms with Gasteiger partial charge in [0.2, 0.25) is 0 Å². The smallest absolute Gasteiger partial charge is 0.138 e. The summed E-state index contributed by atoms with van der Waals surface area (Å²) in [6, 6.07) is 4.69. The first kappa shape index (κ1) is 10.6. The lowest BCUT2D eigenvalue weighted by molar-refractivity contribution is -0.120. The Balaban J connectivity index is 1.98. The summed E-state index contributed by atoms with van der Waals surface area (Å²) in [4.78, 5) is 0. The number of aromatic hydroxyl groups is 1.